The first-order chi connectivity index (χ1) is 11.8. The predicted octanol–water partition coefficient (Wildman–Crippen LogP) is 6.26. The van der Waals surface area contributed by atoms with Crippen LogP contribution in [-0.4, -0.2) is 22.6 Å². The van der Waals surface area contributed by atoms with Gasteiger partial charge in [-0.3, -0.25) is 9.59 Å². The fourth-order valence-electron chi connectivity index (χ4n) is 2.88. The molecule has 0 aliphatic rings. The molecule has 0 saturated carbocycles. The number of rotatable bonds is 16. The summed E-state index contributed by atoms with van der Waals surface area (Å²) in [5, 5.41) is 8.55. The van der Waals surface area contributed by atoms with Gasteiger partial charge in [0.05, 0.1) is 0 Å². The first-order valence-electron chi connectivity index (χ1n) is 10.2. The molecule has 0 spiro atoms. The molecule has 1 N–H and O–H groups in total. The maximum atomic E-state index is 11.6. The van der Waals surface area contributed by atoms with E-state index in [-0.39, 0.29) is 11.6 Å². The van der Waals surface area contributed by atoms with Crippen molar-refractivity contribution < 1.29 is 19.4 Å². The summed E-state index contributed by atoms with van der Waals surface area (Å²) in [5.74, 6) is -0.750. The Labute approximate surface area is 154 Å². The molecule has 0 heterocycles. The number of unbranched alkanes of at least 4 members (excludes halogenated alkanes) is 12. The van der Waals surface area contributed by atoms with Crippen LogP contribution in [0.2, 0.25) is 0 Å². The Kier molecular flexibility index (Phi) is 14.6. The third-order valence-corrected chi connectivity index (χ3v) is 4.19. The maximum absolute atomic E-state index is 11.6. The van der Waals surface area contributed by atoms with Crippen LogP contribution in [0.15, 0.2) is 0 Å². The standard InChI is InChI=1S/C21H40O4/c1-21(2,3)25-20(24)18-16-14-12-10-8-6-4-5-7-9-11-13-15-17-19(22)23/h4-18H2,1-3H3,(H,22,23). The molecule has 148 valence electrons. The zero-order valence-electron chi connectivity index (χ0n) is 16.8. The van der Waals surface area contributed by atoms with Crippen molar-refractivity contribution in [3.63, 3.8) is 0 Å². The van der Waals surface area contributed by atoms with Crippen molar-refractivity contribution in [1.29, 1.82) is 0 Å². The summed E-state index contributed by atoms with van der Waals surface area (Å²) >= 11 is 0. The van der Waals surface area contributed by atoms with Crippen molar-refractivity contribution in [2.24, 2.45) is 0 Å². The van der Waals surface area contributed by atoms with Crippen LogP contribution in [0.25, 0.3) is 0 Å². The molecule has 0 rings (SSSR count). The van der Waals surface area contributed by atoms with Crippen LogP contribution in [0.4, 0.5) is 0 Å². The largest absolute Gasteiger partial charge is 0.481 e. The van der Waals surface area contributed by atoms with E-state index in [4.69, 9.17) is 9.84 Å². The maximum Gasteiger partial charge on any atom is 0.306 e. The Morgan fingerprint density at radius 3 is 1.28 bits per heavy atom. The Morgan fingerprint density at radius 1 is 0.640 bits per heavy atom. The minimum Gasteiger partial charge on any atom is -0.481 e. The smallest absolute Gasteiger partial charge is 0.306 e. The highest BCUT2D eigenvalue weighted by molar-refractivity contribution is 5.69. The van der Waals surface area contributed by atoms with Crippen LogP contribution in [-0.2, 0) is 14.3 Å². The van der Waals surface area contributed by atoms with E-state index in [1.165, 1.54) is 57.8 Å². The minimum atomic E-state index is -0.676. The van der Waals surface area contributed by atoms with Crippen molar-refractivity contribution in [2.45, 2.75) is 123 Å². The fourth-order valence-corrected chi connectivity index (χ4v) is 2.88. The zero-order valence-corrected chi connectivity index (χ0v) is 16.8. The summed E-state index contributed by atoms with van der Waals surface area (Å²) in [6, 6.07) is 0. The van der Waals surface area contributed by atoms with Crippen molar-refractivity contribution in [3.05, 3.63) is 0 Å². The van der Waals surface area contributed by atoms with Gasteiger partial charge in [0, 0.05) is 12.8 Å². The highest BCUT2D eigenvalue weighted by atomic mass is 16.6. The molecule has 0 amide bonds. The van der Waals surface area contributed by atoms with Gasteiger partial charge in [0.2, 0.25) is 0 Å². The van der Waals surface area contributed by atoms with E-state index < -0.39 is 5.97 Å². The van der Waals surface area contributed by atoms with Gasteiger partial charge in [0.25, 0.3) is 0 Å². The second-order valence-electron chi connectivity index (χ2n) is 8.08. The Bertz CT molecular complexity index is 344. The number of aliphatic carboxylic acids is 1. The van der Waals surface area contributed by atoms with Crippen LogP contribution in [0.5, 0.6) is 0 Å². The highest BCUT2D eigenvalue weighted by Gasteiger charge is 2.15. The van der Waals surface area contributed by atoms with Gasteiger partial charge in [0.15, 0.2) is 0 Å². The first kappa shape index (κ1) is 23.9. The van der Waals surface area contributed by atoms with E-state index in [0.29, 0.717) is 12.8 Å². The molecule has 0 aliphatic heterocycles. The van der Waals surface area contributed by atoms with Crippen LogP contribution in [0.1, 0.15) is 117 Å². The Hall–Kier alpha value is -1.06. The average molecular weight is 357 g/mol. The number of esters is 1. The van der Waals surface area contributed by atoms with Crippen molar-refractivity contribution >= 4 is 11.9 Å². The quantitative estimate of drug-likeness (QED) is 0.262. The lowest BCUT2D eigenvalue weighted by molar-refractivity contribution is -0.155. The second kappa shape index (κ2) is 15.2. The lowest BCUT2D eigenvalue weighted by Gasteiger charge is -2.19. The molecule has 0 bridgehead atoms. The fraction of sp³-hybridized carbons (Fsp3) is 0.905. The van der Waals surface area contributed by atoms with Crippen molar-refractivity contribution in [3.8, 4) is 0 Å². The molecule has 0 atom stereocenters. The van der Waals surface area contributed by atoms with Crippen molar-refractivity contribution in [2.75, 3.05) is 0 Å². The van der Waals surface area contributed by atoms with Crippen LogP contribution < -0.4 is 0 Å². The molecule has 4 nitrogen and oxygen atoms in total. The van der Waals surface area contributed by atoms with Gasteiger partial charge in [-0.25, -0.2) is 0 Å². The van der Waals surface area contributed by atoms with E-state index in [1.807, 2.05) is 20.8 Å². The molecule has 0 unspecified atom stereocenters. The highest BCUT2D eigenvalue weighted by Crippen LogP contribution is 2.14. The summed E-state index contributed by atoms with van der Waals surface area (Å²) in [5.41, 5.74) is -0.366. The lowest BCUT2D eigenvalue weighted by Crippen LogP contribution is -2.23. The van der Waals surface area contributed by atoms with E-state index >= 15 is 0 Å². The van der Waals surface area contributed by atoms with Gasteiger partial charge in [-0.05, 0) is 33.6 Å². The molecule has 0 aliphatic carbocycles. The third kappa shape index (κ3) is 20.9. The minimum absolute atomic E-state index is 0.0736. The van der Waals surface area contributed by atoms with Gasteiger partial charge in [-0.15, -0.1) is 0 Å². The average Bonchev–Trinajstić information content (AvgIpc) is 2.49. The van der Waals surface area contributed by atoms with Gasteiger partial charge >= 0.3 is 11.9 Å². The van der Waals surface area contributed by atoms with Gasteiger partial charge in [-0.2, -0.15) is 0 Å². The topological polar surface area (TPSA) is 63.6 Å². The lowest BCUT2D eigenvalue weighted by atomic mass is 10.0. The summed E-state index contributed by atoms with van der Waals surface area (Å²) < 4.78 is 5.30. The zero-order chi connectivity index (χ0) is 19.0. The number of hydrogen-bond acceptors (Lipinski definition) is 3. The number of ether oxygens (including phenoxy) is 1. The normalized spacial score (nSPS) is 11.5. The Balaban J connectivity index is 3.17. The van der Waals surface area contributed by atoms with E-state index in [9.17, 15) is 9.59 Å². The molecular weight excluding hydrogens is 316 g/mol. The molecule has 0 saturated heterocycles. The molecule has 0 radical (unpaired) electrons. The van der Waals surface area contributed by atoms with E-state index in [0.717, 1.165) is 25.7 Å². The van der Waals surface area contributed by atoms with Crippen LogP contribution in [0, 0.1) is 0 Å². The van der Waals surface area contributed by atoms with Gasteiger partial charge in [0.1, 0.15) is 5.60 Å². The molecule has 0 aromatic heterocycles. The molecular formula is C21H40O4. The summed E-state index contributed by atoms with van der Waals surface area (Å²) in [7, 11) is 0. The van der Waals surface area contributed by atoms with Crippen LogP contribution in [0.3, 0.4) is 0 Å². The van der Waals surface area contributed by atoms with Crippen molar-refractivity contribution in [1.82, 2.24) is 0 Å². The summed E-state index contributed by atoms with van der Waals surface area (Å²) in [6.07, 6.45) is 16.2. The number of carbonyl (C=O) groups excluding carboxylic acids is 1. The molecule has 0 aromatic rings. The third-order valence-electron chi connectivity index (χ3n) is 4.19. The molecule has 25 heavy (non-hydrogen) atoms. The molecule has 0 aromatic carbocycles. The molecule has 0 fully saturated rings. The van der Waals surface area contributed by atoms with E-state index in [1.54, 1.807) is 0 Å². The van der Waals surface area contributed by atoms with Gasteiger partial charge in [-0.1, -0.05) is 70.6 Å². The predicted molar refractivity (Wildman–Crippen MR) is 103 cm³/mol. The Morgan fingerprint density at radius 2 is 0.960 bits per heavy atom. The summed E-state index contributed by atoms with van der Waals surface area (Å²) in [6.45, 7) is 5.72. The van der Waals surface area contributed by atoms with Gasteiger partial charge < -0.3 is 9.84 Å². The van der Waals surface area contributed by atoms with Crippen LogP contribution >= 0.6 is 0 Å². The SMILES string of the molecule is CC(C)(C)OC(=O)CCCCCCCCCCCCCCCC(=O)O. The molecule has 4 heteroatoms. The first-order valence-corrected chi connectivity index (χ1v) is 10.2. The number of carboxylic acids is 1. The monoisotopic (exact) mass is 356 g/mol. The van der Waals surface area contributed by atoms with E-state index in [2.05, 4.69) is 0 Å². The second-order valence-corrected chi connectivity index (χ2v) is 8.08. The number of hydrogen-bond donors (Lipinski definition) is 1. The summed E-state index contributed by atoms with van der Waals surface area (Å²) in [4.78, 5) is 21.9. The number of carboxylic acid groups (broad SMARTS) is 1. The number of carbonyl (C=O) groups is 2.